The van der Waals surface area contributed by atoms with E-state index in [-0.39, 0.29) is 11.4 Å². The van der Waals surface area contributed by atoms with E-state index in [2.05, 4.69) is 0 Å². The van der Waals surface area contributed by atoms with Crippen LogP contribution in [0.4, 0.5) is 5.69 Å². The highest BCUT2D eigenvalue weighted by atomic mass is 16.5. The first-order valence-corrected chi connectivity index (χ1v) is 7.99. The van der Waals surface area contributed by atoms with Crippen molar-refractivity contribution in [2.45, 2.75) is 33.2 Å². The minimum atomic E-state index is -0.292. The molecule has 0 unspecified atom stereocenters. The maximum atomic E-state index is 13.0. The molecule has 24 heavy (non-hydrogen) atoms. The van der Waals surface area contributed by atoms with Crippen molar-refractivity contribution in [2.24, 2.45) is 4.99 Å². The van der Waals surface area contributed by atoms with Crippen molar-refractivity contribution in [3.8, 4) is 5.75 Å². The Morgan fingerprint density at radius 1 is 1.00 bits per heavy atom. The van der Waals surface area contributed by atoms with Gasteiger partial charge in [0, 0.05) is 5.56 Å². The second kappa shape index (κ2) is 5.78. The van der Waals surface area contributed by atoms with E-state index < -0.39 is 0 Å². The Hall–Kier alpha value is -2.62. The molecule has 0 saturated carbocycles. The highest BCUT2D eigenvalue weighted by molar-refractivity contribution is 6.36. The number of hydrogen-bond acceptors (Lipinski definition) is 3. The van der Waals surface area contributed by atoms with E-state index in [1.165, 1.54) is 0 Å². The fourth-order valence-corrected chi connectivity index (χ4v) is 2.72. The minimum absolute atomic E-state index is 0.0734. The molecule has 0 N–H and O–H groups in total. The van der Waals surface area contributed by atoms with Crippen LogP contribution in [0.1, 0.15) is 42.3 Å². The number of methoxy groups -OCH3 is 1. The lowest BCUT2D eigenvalue weighted by Crippen LogP contribution is -2.32. The van der Waals surface area contributed by atoms with Crippen LogP contribution < -0.4 is 9.64 Å². The molecule has 0 atom stereocenters. The number of ether oxygens (including phenoxy) is 1. The molecule has 0 radical (unpaired) electrons. The molecule has 0 aliphatic carbocycles. The highest BCUT2D eigenvalue weighted by Crippen LogP contribution is 2.32. The highest BCUT2D eigenvalue weighted by Gasteiger charge is 2.36. The number of carbonyl (C=O) groups excluding carboxylic acids is 1. The van der Waals surface area contributed by atoms with E-state index in [0.29, 0.717) is 17.1 Å². The molecule has 1 heterocycles. The van der Waals surface area contributed by atoms with Crippen molar-refractivity contribution in [2.75, 3.05) is 12.0 Å². The van der Waals surface area contributed by atoms with E-state index in [1.807, 2.05) is 64.1 Å². The van der Waals surface area contributed by atoms with Gasteiger partial charge in [-0.1, -0.05) is 17.7 Å². The van der Waals surface area contributed by atoms with Gasteiger partial charge in [-0.25, -0.2) is 0 Å². The Labute approximate surface area is 142 Å². The van der Waals surface area contributed by atoms with E-state index in [0.717, 1.165) is 16.8 Å². The topological polar surface area (TPSA) is 41.9 Å². The van der Waals surface area contributed by atoms with Crippen molar-refractivity contribution in [1.29, 1.82) is 0 Å². The average Bonchev–Trinajstić information content (AvgIpc) is 2.79. The second-order valence-electron chi connectivity index (χ2n) is 6.99. The molecule has 0 bridgehead atoms. The lowest BCUT2D eigenvalue weighted by Gasteiger charge is -2.21. The summed E-state index contributed by atoms with van der Waals surface area (Å²) < 4.78 is 5.27. The molecule has 0 fully saturated rings. The number of nitrogens with zero attached hydrogens (tertiary/aromatic N) is 2. The standard InChI is InChI=1S/C20H22N2O2/c1-13-6-8-14(9-7-13)22-18(21-20(2,3)4)16-11-10-15(24-5)12-17(16)19(22)23/h6-12H,1-5H3. The van der Waals surface area contributed by atoms with Crippen LogP contribution in [0.3, 0.4) is 0 Å². The third-order valence-corrected chi connectivity index (χ3v) is 3.85. The van der Waals surface area contributed by atoms with Crippen LogP contribution in [0.15, 0.2) is 47.5 Å². The number of hydrogen-bond donors (Lipinski definition) is 0. The van der Waals surface area contributed by atoms with Crippen molar-refractivity contribution in [3.63, 3.8) is 0 Å². The van der Waals surface area contributed by atoms with Crippen molar-refractivity contribution >= 4 is 17.4 Å². The monoisotopic (exact) mass is 322 g/mol. The van der Waals surface area contributed by atoms with Crippen LogP contribution in [-0.2, 0) is 0 Å². The second-order valence-corrected chi connectivity index (χ2v) is 6.99. The van der Waals surface area contributed by atoms with E-state index in [9.17, 15) is 4.79 Å². The third-order valence-electron chi connectivity index (χ3n) is 3.85. The summed E-state index contributed by atoms with van der Waals surface area (Å²) in [5.41, 5.74) is 3.15. The maximum absolute atomic E-state index is 13.0. The number of aliphatic imine (C=N–C) groups is 1. The van der Waals surface area contributed by atoms with Crippen LogP contribution in [0.25, 0.3) is 0 Å². The zero-order valence-corrected chi connectivity index (χ0v) is 14.8. The van der Waals surface area contributed by atoms with Crippen molar-refractivity contribution in [1.82, 2.24) is 0 Å². The van der Waals surface area contributed by atoms with Gasteiger partial charge in [0.1, 0.15) is 11.6 Å². The van der Waals surface area contributed by atoms with Gasteiger partial charge in [0.2, 0.25) is 0 Å². The van der Waals surface area contributed by atoms with Gasteiger partial charge < -0.3 is 4.74 Å². The summed E-state index contributed by atoms with van der Waals surface area (Å²) >= 11 is 0. The number of fused-ring (bicyclic) bond motifs is 1. The van der Waals surface area contributed by atoms with Gasteiger partial charge in [0.25, 0.3) is 5.91 Å². The first kappa shape index (κ1) is 16.2. The number of aryl methyl sites for hydroxylation is 1. The minimum Gasteiger partial charge on any atom is -0.497 e. The van der Waals surface area contributed by atoms with E-state index >= 15 is 0 Å². The first-order chi connectivity index (χ1) is 11.3. The summed E-state index contributed by atoms with van der Waals surface area (Å²) in [6, 6.07) is 13.5. The molecule has 1 aliphatic rings. The Balaban J connectivity index is 2.19. The number of amidine groups is 1. The molecule has 0 saturated heterocycles. The molecular formula is C20H22N2O2. The fourth-order valence-electron chi connectivity index (χ4n) is 2.72. The predicted molar refractivity (Wildman–Crippen MR) is 97.3 cm³/mol. The van der Waals surface area contributed by atoms with Crippen molar-refractivity contribution in [3.05, 3.63) is 59.2 Å². The summed E-state index contributed by atoms with van der Waals surface area (Å²) in [6.07, 6.45) is 0. The summed E-state index contributed by atoms with van der Waals surface area (Å²) in [5, 5.41) is 0. The molecule has 2 aromatic rings. The average molecular weight is 322 g/mol. The SMILES string of the molecule is COc1ccc2c(c1)C(=O)N(c1ccc(C)cc1)C2=NC(C)(C)C. The van der Waals surface area contributed by atoms with E-state index in [4.69, 9.17) is 9.73 Å². The molecule has 2 aromatic carbocycles. The van der Waals surface area contributed by atoms with Gasteiger partial charge in [-0.05, 0) is 58.0 Å². The fraction of sp³-hybridized carbons (Fsp3) is 0.300. The molecule has 3 rings (SSSR count). The maximum Gasteiger partial charge on any atom is 0.264 e. The molecule has 1 aliphatic heterocycles. The Morgan fingerprint density at radius 3 is 2.25 bits per heavy atom. The number of carbonyl (C=O) groups is 1. The Kier molecular flexibility index (Phi) is 3.91. The smallest absolute Gasteiger partial charge is 0.264 e. The van der Waals surface area contributed by atoms with Crippen LogP contribution in [0.5, 0.6) is 5.75 Å². The van der Waals surface area contributed by atoms with Crippen LogP contribution >= 0.6 is 0 Å². The number of amides is 1. The molecule has 124 valence electrons. The normalized spacial score (nSPS) is 15.8. The third kappa shape index (κ3) is 2.92. The van der Waals surface area contributed by atoms with Gasteiger partial charge in [-0.15, -0.1) is 0 Å². The Bertz CT molecular complexity index is 815. The Morgan fingerprint density at radius 2 is 1.67 bits per heavy atom. The summed E-state index contributed by atoms with van der Waals surface area (Å²) in [5.74, 6) is 1.28. The molecule has 4 nitrogen and oxygen atoms in total. The van der Waals surface area contributed by atoms with Gasteiger partial charge >= 0.3 is 0 Å². The summed E-state index contributed by atoms with van der Waals surface area (Å²) in [4.78, 5) is 19.5. The number of rotatable bonds is 2. The summed E-state index contributed by atoms with van der Waals surface area (Å²) in [6.45, 7) is 8.11. The lowest BCUT2D eigenvalue weighted by atomic mass is 10.1. The van der Waals surface area contributed by atoms with Crippen LogP contribution in [0.2, 0.25) is 0 Å². The van der Waals surface area contributed by atoms with Crippen LogP contribution in [-0.4, -0.2) is 24.4 Å². The zero-order valence-electron chi connectivity index (χ0n) is 14.8. The lowest BCUT2D eigenvalue weighted by molar-refractivity contribution is 0.101. The quantitative estimate of drug-likeness (QED) is 0.831. The zero-order chi connectivity index (χ0) is 17.5. The molecule has 0 aromatic heterocycles. The first-order valence-electron chi connectivity index (χ1n) is 7.99. The van der Waals surface area contributed by atoms with Gasteiger partial charge in [-0.2, -0.15) is 0 Å². The van der Waals surface area contributed by atoms with Crippen molar-refractivity contribution < 1.29 is 9.53 Å². The molecular weight excluding hydrogens is 300 g/mol. The molecule has 1 amide bonds. The van der Waals surface area contributed by atoms with Crippen LogP contribution in [0, 0.1) is 6.92 Å². The van der Waals surface area contributed by atoms with Gasteiger partial charge in [-0.3, -0.25) is 14.7 Å². The largest absolute Gasteiger partial charge is 0.497 e. The molecule has 0 spiro atoms. The number of benzene rings is 2. The predicted octanol–water partition coefficient (Wildman–Crippen LogP) is 4.21. The number of anilines is 1. The van der Waals surface area contributed by atoms with Gasteiger partial charge in [0.15, 0.2) is 0 Å². The van der Waals surface area contributed by atoms with E-state index in [1.54, 1.807) is 18.1 Å². The molecule has 4 heteroatoms. The van der Waals surface area contributed by atoms with Gasteiger partial charge in [0.05, 0.1) is 23.9 Å². The summed E-state index contributed by atoms with van der Waals surface area (Å²) in [7, 11) is 1.60.